The summed E-state index contributed by atoms with van der Waals surface area (Å²) in [5.74, 6) is -2.12. The predicted octanol–water partition coefficient (Wildman–Crippen LogP) is 0.139. The number of rotatable bonds is 6. The minimum atomic E-state index is -1.26. The van der Waals surface area contributed by atoms with Crippen molar-refractivity contribution in [3.63, 3.8) is 0 Å². The van der Waals surface area contributed by atoms with E-state index in [2.05, 4.69) is 15.0 Å². The molecule has 0 bridgehead atoms. The van der Waals surface area contributed by atoms with Crippen LogP contribution in [-0.2, 0) is 4.74 Å². The molecule has 1 rings (SSSR count). The van der Waals surface area contributed by atoms with E-state index in [0.717, 1.165) is 6.07 Å². The number of carboxylic acid groups (broad SMARTS) is 1. The Hall–Kier alpha value is -1.89. The first-order valence-electron chi connectivity index (χ1n) is 4.71. The average molecular weight is 228 g/mol. The van der Waals surface area contributed by atoms with E-state index in [9.17, 15) is 9.59 Å². The highest BCUT2D eigenvalue weighted by Crippen LogP contribution is 2.02. The van der Waals surface area contributed by atoms with E-state index in [1.165, 1.54) is 0 Å². The zero-order valence-electron chi connectivity index (χ0n) is 8.73. The van der Waals surface area contributed by atoms with Crippen molar-refractivity contribution >= 4 is 11.9 Å². The third-order valence-electron chi connectivity index (χ3n) is 1.69. The molecule has 88 valence electrons. The Labute approximate surface area is 91.4 Å². The topological polar surface area (TPSA) is 102 Å². The summed E-state index contributed by atoms with van der Waals surface area (Å²) in [6.45, 7) is 3.15. The van der Waals surface area contributed by atoms with Gasteiger partial charge in [-0.2, -0.15) is 0 Å². The first-order valence-corrected chi connectivity index (χ1v) is 4.71. The minimum Gasteiger partial charge on any atom is -0.475 e. The van der Waals surface area contributed by atoms with E-state index in [1.807, 2.05) is 6.92 Å². The number of hydrogen-bond acceptors (Lipinski definition) is 5. The molecule has 16 heavy (non-hydrogen) atoms. The monoisotopic (exact) mass is 228 g/mol. The number of ether oxygens (including phenoxy) is 1. The third-order valence-corrected chi connectivity index (χ3v) is 1.69. The lowest BCUT2D eigenvalue weighted by Gasteiger charge is -2.01. The van der Waals surface area contributed by atoms with E-state index >= 15 is 0 Å². The molecule has 0 atom stereocenters. The summed E-state index contributed by atoms with van der Waals surface area (Å²) >= 11 is 0. The van der Waals surface area contributed by atoms with Crippen LogP contribution >= 0.6 is 0 Å². The molecule has 0 aromatic carbocycles. The van der Waals surface area contributed by atoms with Crippen molar-refractivity contribution in [3.05, 3.63) is 17.5 Å². The van der Waals surface area contributed by atoms with Crippen LogP contribution in [0.15, 0.2) is 10.6 Å². The number of aromatic carboxylic acids is 1. The van der Waals surface area contributed by atoms with Gasteiger partial charge in [0.05, 0.1) is 6.61 Å². The molecule has 0 aliphatic heterocycles. The van der Waals surface area contributed by atoms with Gasteiger partial charge in [0.25, 0.3) is 5.91 Å². The van der Waals surface area contributed by atoms with Gasteiger partial charge >= 0.3 is 5.97 Å². The van der Waals surface area contributed by atoms with E-state index in [-0.39, 0.29) is 11.5 Å². The summed E-state index contributed by atoms with van der Waals surface area (Å²) in [7, 11) is 0. The van der Waals surface area contributed by atoms with Gasteiger partial charge in [-0.15, -0.1) is 0 Å². The normalized spacial score (nSPS) is 10.1. The van der Waals surface area contributed by atoms with Crippen LogP contribution in [0.5, 0.6) is 0 Å². The zero-order valence-corrected chi connectivity index (χ0v) is 8.73. The SMILES string of the molecule is CCOCCNC(=O)c1cc(C(=O)O)on1. The molecule has 0 fully saturated rings. The summed E-state index contributed by atoms with van der Waals surface area (Å²) in [4.78, 5) is 21.8. The molecule has 7 heteroatoms. The number of amides is 1. The smallest absolute Gasteiger partial charge is 0.374 e. The fourth-order valence-corrected chi connectivity index (χ4v) is 0.955. The van der Waals surface area contributed by atoms with Crippen LogP contribution in [-0.4, -0.2) is 41.9 Å². The van der Waals surface area contributed by atoms with Crippen molar-refractivity contribution in [2.24, 2.45) is 0 Å². The fraction of sp³-hybridized carbons (Fsp3) is 0.444. The summed E-state index contributed by atoms with van der Waals surface area (Å²) in [5.41, 5.74) is -0.0612. The Balaban J connectivity index is 2.43. The van der Waals surface area contributed by atoms with Gasteiger partial charge in [0.15, 0.2) is 5.69 Å². The second-order valence-corrected chi connectivity index (χ2v) is 2.83. The van der Waals surface area contributed by atoms with Gasteiger partial charge in [-0.1, -0.05) is 5.16 Å². The summed E-state index contributed by atoms with van der Waals surface area (Å²) in [5, 5.41) is 14.4. The van der Waals surface area contributed by atoms with E-state index in [0.29, 0.717) is 19.8 Å². The molecule has 0 radical (unpaired) electrons. The summed E-state index contributed by atoms with van der Waals surface area (Å²) in [6, 6.07) is 1.07. The third kappa shape index (κ3) is 3.35. The van der Waals surface area contributed by atoms with Gasteiger partial charge in [0.1, 0.15) is 0 Å². The maximum atomic E-state index is 11.4. The second-order valence-electron chi connectivity index (χ2n) is 2.83. The molecule has 2 N–H and O–H groups in total. The number of carboxylic acids is 1. The first kappa shape index (κ1) is 12.2. The number of nitrogens with one attached hydrogen (secondary N) is 1. The highest BCUT2D eigenvalue weighted by atomic mass is 16.5. The van der Waals surface area contributed by atoms with Crippen LogP contribution in [0.4, 0.5) is 0 Å². The fourth-order valence-electron chi connectivity index (χ4n) is 0.955. The molecule has 7 nitrogen and oxygen atoms in total. The number of hydrogen-bond donors (Lipinski definition) is 2. The maximum absolute atomic E-state index is 11.4. The standard InChI is InChI=1S/C9H12N2O5/c1-2-15-4-3-10-8(12)6-5-7(9(13)14)16-11-6/h5H,2-4H2,1H3,(H,10,12)(H,13,14). The highest BCUT2D eigenvalue weighted by molar-refractivity contribution is 5.94. The summed E-state index contributed by atoms with van der Waals surface area (Å²) in [6.07, 6.45) is 0. The van der Waals surface area contributed by atoms with Gasteiger partial charge in [0.2, 0.25) is 5.76 Å². The first-order chi connectivity index (χ1) is 7.65. The average Bonchev–Trinajstić information content (AvgIpc) is 2.73. The lowest BCUT2D eigenvalue weighted by molar-refractivity contribution is 0.0651. The zero-order chi connectivity index (χ0) is 12.0. The molecule has 1 heterocycles. The second kappa shape index (κ2) is 5.86. The van der Waals surface area contributed by atoms with Gasteiger partial charge in [-0.25, -0.2) is 4.79 Å². The largest absolute Gasteiger partial charge is 0.475 e. The molecule has 0 aliphatic rings. The molecule has 1 aromatic heterocycles. The van der Waals surface area contributed by atoms with Crippen molar-refractivity contribution < 1.29 is 24.0 Å². The van der Waals surface area contributed by atoms with Gasteiger partial charge in [-0.05, 0) is 6.92 Å². The lowest BCUT2D eigenvalue weighted by Crippen LogP contribution is -2.27. The van der Waals surface area contributed by atoms with E-state index in [4.69, 9.17) is 9.84 Å². The van der Waals surface area contributed by atoms with Crippen LogP contribution in [0, 0.1) is 0 Å². The Morgan fingerprint density at radius 1 is 1.62 bits per heavy atom. The molecular weight excluding hydrogens is 216 g/mol. The Morgan fingerprint density at radius 3 is 2.94 bits per heavy atom. The van der Waals surface area contributed by atoms with Crippen LogP contribution < -0.4 is 5.32 Å². The number of aromatic nitrogens is 1. The molecule has 0 spiro atoms. The maximum Gasteiger partial charge on any atom is 0.374 e. The molecule has 0 saturated heterocycles. The van der Waals surface area contributed by atoms with Crippen molar-refractivity contribution in [2.45, 2.75) is 6.92 Å². The lowest BCUT2D eigenvalue weighted by atomic mass is 10.3. The highest BCUT2D eigenvalue weighted by Gasteiger charge is 2.15. The quantitative estimate of drug-likeness (QED) is 0.671. The number of nitrogens with zero attached hydrogens (tertiary/aromatic N) is 1. The van der Waals surface area contributed by atoms with Crippen molar-refractivity contribution in [1.82, 2.24) is 10.5 Å². The number of carbonyl (C=O) groups excluding carboxylic acids is 1. The number of carbonyl (C=O) groups is 2. The van der Waals surface area contributed by atoms with Crippen molar-refractivity contribution in [2.75, 3.05) is 19.8 Å². The Kier molecular flexibility index (Phi) is 4.46. The van der Waals surface area contributed by atoms with Crippen LogP contribution in [0.3, 0.4) is 0 Å². The van der Waals surface area contributed by atoms with Crippen LogP contribution in [0.1, 0.15) is 28.0 Å². The molecule has 1 aromatic rings. The van der Waals surface area contributed by atoms with Crippen LogP contribution in [0.2, 0.25) is 0 Å². The molecule has 0 saturated carbocycles. The minimum absolute atomic E-state index is 0.0612. The summed E-state index contributed by atoms with van der Waals surface area (Å²) < 4.78 is 9.44. The van der Waals surface area contributed by atoms with Gasteiger partial charge < -0.3 is 19.7 Å². The van der Waals surface area contributed by atoms with Crippen LogP contribution in [0.25, 0.3) is 0 Å². The molecule has 0 aliphatic carbocycles. The molecular formula is C9H12N2O5. The Morgan fingerprint density at radius 2 is 2.38 bits per heavy atom. The predicted molar refractivity (Wildman–Crippen MR) is 52.3 cm³/mol. The van der Waals surface area contributed by atoms with Gasteiger partial charge in [0, 0.05) is 19.2 Å². The van der Waals surface area contributed by atoms with Crippen molar-refractivity contribution in [1.29, 1.82) is 0 Å². The molecule has 0 unspecified atom stereocenters. The molecule has 1 amide bonds. The Bertz CT molecular complexity index is 374. The van der Waals surface area contributed by atoms with Crippen molar-refractivity contribution in [3.8, 4) is 0 Å². The van der Waals surface area contributed by atoms with Gasteiger partial charge in [-0.3, -0.25) is 4.79 Å². The van der Waals surface area contributed by atoms with E-state index < -0.39 is 11.9 Å². The van der Waals surface area contributed by atoms with E-state index in [1.54, 1.807) is 0 Å².